The summed E-state index contributed by atoms with van der Waals surface area (Å²) in [6.45, 7) is 4.24. The van der Waals surface area contributed by atoms with E-state index in [2.05, 4.69) is 25.2 Å². The van der Waals surface area contributed by atoms with E-state index in [0.29, 0.717) is 11.5 Å². The first-order valence-corrected chi connectivity index (χ1v) is 6.96. The first-order chi connectivity index (χ1) is 8.68. The normalized spacial score (nSPS) is 12.4. The molecule has 2 rings (SSSR count). The SMILES string of the molecule is CC(C)[C@@H](NC(=O)c1ccccc1)c1cccs1. The summed E-state index contributed by atoms with van der Waals surface area (Å²) >= 11 is 1.68. The average Bonchev–Trinajstić information content (AvgIpc) is 2.90. The first kappa shape index (κ1) is 12.8. The molecule has 0 radical (unpaired) electrons. The van der Waals surface area contributed by atoms with E-state index < -0.39 is 0 Å². The summed E-state index contributed by atoms with van der Waals surface area (Å²) in [6.07, 6.45) is 0. The molecule has 2 nitrogen and oxygen atoms in total. The summed E-state index contributed by atoms with van der Waals surface area (Å²) in [5, 5.41) is 5.15. The van der Waals surface area contributed by atoms with Crippen molar-refractivity contribution in [3.05, 3.63) is 58.3 Å². The van der Waals surface area contributed by atoms with Crippen LogP contribution in [0.5, 0.6) is 0 Å². The minimum Gasteiger partial charge on any atom is -0.344 e. The smallest absolute Gasteiger partial charge is 0.251 e. The monoisotopic (exact) mass is 259 g/mol. The maximum absolute atomic E-state index is 12.1. The highest BCUT2D eigenvalue weighted by Crippen LogP contribution is 2.26. The summed E-state index contributed by atoms with van der Waals surface area (Å²) in [5.74, 6) is 0.360. The van der Waals surface area contributed by atoms with Gasteiger partial charge in [-0.3, -0.25) is 4.79 Å². The predicted molar refractivity (Wildman–Crippen MR) is 75.8 cm³/mol. The number of carbonyl (C=O) groups excluding carboxylic acids is 1. The van der Waals surface area contributed by atoms with Crippen molar-refractivity contribution >= 4 is 17.2 Å². The Kier molecular flexibility index (Phi) is 4.15. The van der Waals surface area contributed by atoms with Crippen molar-refractivity contribution in [3.8, 4) is 0 Å². The molecule has 1 N–H and O–H groups in total. The summed E-state index contributed by atoms with van der Waals surface area (Å²) in [7, 11) is 0. The van der Waals surface area contributed by atoms with Gasteiger partial charge in [-0.25, -0.2) is 0 Å². The summed E-state index contributed by atoms with van der Waals surface area (Å²) in [5.41, 5.74) is 0.708. The van der Waals surface area contributed by atoms with Gasteiger partial charge in [-0.15, -0.1) is 11.3 Å². The molecule has 1 amide bonds. The van der Waals surface area contributed by atoms with E-state index in [4.69, 9.17) is 0 Å². The molecule has 0 aliphatic rings. The van der Waals surface area contributed by atoms with Crippen molar-refractivity contribution < 1.29 is 4.79 Å². The van der Waals surface area contributed by atoms with E-state index in [1.165, 1.54) is 4.88 Å². The van der Waals surface area contributed by atoms with E-state index >= 15 is 0 Å². The molecule has 2 aromatic rings. The van der Waals surface area contributed by atoms with Gasteiger partial charge in [0, 0.05) is 10.4 Å². The van der Waals surface area contributed by atoms with Crippen molar-refractivity contribution in [2.45, 2.75) is 19.9 Å². The number of rotatable bonds is 4. The minimum absolute atomic E-state index is 0.0114. The molecule has 0 fully saturated rings. The van der Waals surface area contributed by atoms with Crippen LogP contribution in [0.2, 0.25) is 0 Å². The van der Waals surface area contributed by atoms with Gasteiger partial charge in [-0.2, -0.15) is 0 Å². The molecule has 0 saturated carbocycles. The molecule has 0 unspecified atom stereocenters. The number of nitrogens with one attached hydrogen (secondary N) is 1. The van der Waals surface area contributed by atoms with E-state index in [9.17, 15) is 4.79 Å². The van der Waals surface area contributed by atoms with Gasteiger partial charge in [0.2, 0.25) is 0 Å². The molecule has 3 heteroatoms. The Morgan fingerprint density at radius 1 is 1.11 bits per heavy atom. The third-order valence-corrected chi connectivity index (χ3v) is 3.79. The largest absolute Gasteiger partial charge is 0.344 e. The Morgan fingerprint density at radius 2 is 1.83 bits per heavy atom. The van der Waals surface area contributed by atoms with Crippen LogP contribution in [-0.4, -0.2) is 5.91 Å². The number of thiophene rings is 1. The van der Waals surface area contributed by atoms with E-state index in [0.717, 1.165) is 0 Å². The van der Waals surface area contributed by atoms with E-state index in [1.54, 1.807) is 11.3 Å². The van der Waals surface area contributed by atoms with Crippen LogP contribution in [0.15, 0.2) is 47.8 Å². The second-order valence-corrected chi connectivity index (χ2v) is 5.56. The number of benzene rings is 1. The zero-order chi connectivity index (χ0) is 13.0. The summed E-state index contributed by atoms with van der Waals surface area (Å²) < 4.78 is 0. The van der Waals surface area contributed by atoms with Crippen LogP contribution in [-0.2, 0) is 0 Å². The molecule has 0 bridgehead atoms. The second-order valence-electron chi connectivity index (χ2n) is 4.58. The number of hydrogen-bond acceptors (Lipinski definition) is 2. The van der Waals surface area contributed by atoms with Crippen molar-refractivity contribution in [3.63, 3.8) is 0 Å². The Bertz CT molecular complexity index is 490. The molecule has 18 heavy (non-hydrogen) atoms. The molecular formula is C15H17NOS. The fourth-order valence-corrected chi connectivity index (χ4v) is 2.80. The zero-order valence-electron chi connectivity index (χ0n) is 10.6. The minimum atomic E-state index is -0.0114. The number of hydrogen-bond donors (Lipinski definition) is 1. The van der Waals surface area contributed by atoms with Crippen LogP contribution in [0.25, 0.3) is 0 Å². The number of carbonyl (C=O) groups is 1. The molecular weight excluding hydrogens is 242 g/mol. The van der Waals surface area contributed by atoms with Crippen LogP contribution in [0, 0.1) is 5.92 Å². The fraction of sp³-hybridized carbons (Fsp3) is 0.267. The topological polar surface area (TPSA) is 29.1 Å². The Morgan fingerprint density at radius 3 is 2.39 bits per heavy atom. The lowest BCUT2D eigenvalue weighted by molar-refractivity contribution is 0.0926. The molecule has 0 aliphatic carbocycles. The Hall–Kier alpha value is -1.61. The van der Waals surface area contributed by atoms with Gasteiger partial charge < -0.3 is 5.32 Å². The molecule has 1 aromatic heterocycles. The van der Waals surface area contributed by atoms with Gasteiger partial charge in [0.1, 0.15) is 0 Å². The van der Waals surface area contributed by atoms with Crippen molar-refractivity contribution in [2.24, 2.45) is 5.92 Å². The van der Waals surface area contributed by atoms with Gasteiger partial charge in [0.25, 0.3) is 5.91 Å². The van der Waals surface area contributed by atoms with Gasteiger partial charge in [-0.1, -0.05) is 38.1 Å². The maximum atomic E-state index is 12.1. The summed E-state index contributed by atoms with van der Waals surface area (Å²) in [4.78, 5) is 13.4. The lowest BCUT2D eigenvalue weighted by atomic mass is 10.0. The lowest BCUT2D eigenvalue weighted by Crippen LogP contribution is -2.31. The first-order valence-electron chi connectivity index (χ1n) is 6.08. The van der Waals surface area contributed by atoms with Crippen LogP contribution in [0.3, 0.4) is 0 Å². The average molecular weight is 259 g/mol. The fourth-order valence-electron chi connectivity index (χ4n) is 1.85. The maximum Gasteiger partial charge on any atom is 0.251 e. The highest BCUT2D eigenvalue weighted by molar-refractivity contribution is 7.10. The van der Waals surface area contributed by atoms with Crippen LogP contribution in [0.4, 0.5) is 0 Å². The standard InChI is InChI=1S/C15H17NOS/c1-11(2)14(13-9-6-10-18-13)16-15(17)12-7-4-3-5-8-12/h3-11,14H,1-2H3,(H,16,17)/t14-/m1/s1. The van der Waals surface area contributed by atoms with E-state index in [1.807, 2.05) is 41.8 Å². The Balaban J connectivity index is 2.13. The van der Waals surface area contributed by atoms with Crippen molar-refractivity contribution in [1.82, 2.24) is 5.32 Å². The van der Waals surface area contributed by atoms with Crippen LogP contribution < -0.4 is 5.32 Å². The van der Waals surface area contributed by atoms with Gasteiger partial charge >= 0.3 is 0 Å². The highest BCUT2D eigenvalue weighted by atomic mass is 32.1. The molecule has 94 valence electrons. The third kappa shape index (κ3) is 2.99. The molecule has 0 spiro atoms. The van der Waals surface area contributed by atoms with Crippen molar-refractivity contribution in [1.29, 1.82) is 0 Å². The third-order valence-electron chi connectivity index (χ3n) is 2.84. The van der Waals surface area contributed by atoms with Crippen LogP contribution in [0.1, 0.15) is 35.1 Å². The molecule has 1 atom stereocenters. The van der Waals surface area contributed by atoms with E-state index in [-0.39, 0.29) is 11.9 Å². The number of amides is 1. The quantitative estimate of drug-likeness (QED) is 0.887. The second kappa shape index (κ2) is 5.83. The predicted octanol–water partition coefficient (Wildman–Crippen LogP) is 3.88. The van der Waals surface area contributed by atoms with Crippen LogP contribution >= 0.6 is 11.3 Å². The van der Waals surface area contributed by atoms with Gasteiger partial charge in [0.15, 0.2) is 0 Å². The highest BCUT2D eigenvalue weighted by Gasteiger charge is 2.19. The molecule has 0 aliphatic heterocycles. The van der Waals surface area contributed by atoms with Gasteiger partial charge in [0.05, 0.1) is 6.04 Å². The molecule has 0 saturated heterocycles. The molecule has 1 aromatic carbocycles. The Labute approximate surface area is 112 Å². The van der Waals surface area contributed by atoms with Crippen molar-refractivity contribution in [2.75, 3.05) is 0 Å². The zero-order valence-corrected chi connectivity index (χ0v) is 11.4. The summed E-state index contributed by atoms with van der Waals surface area (Å²) in [6, 6.07) is 13.5. The lowest BCUT2D eigenvalue weighted by Gasteiger charge is -2.21. The van der Waals surface area contributed by atoms with Gasteiger partial charge in [-0.05, 0) is 29.5 Å². The molecule has 1 heterocycles.